The van der Waals surface area contributed by atoms with Gasteiger partial charge in [0.1, 0.15) is 0 Å². The average molecular weight is 345 g/mol. The van der Waals surface area contributed by atoms with Gasteiger partial charge in [0.25, 0.3) is 0 Å². The van der Waals surface area contributed by atoms with E-state index in [-0.39, 0.29) is 0 Å². The maximum atomic E-state index is 5.97. The zero-order chi connectivity index (χ0) is 13.9. The van der Waals surface area contributed by atoms with Crippen molar-refractivity contribution in [1.29, 1.82) is 0 Å². The molecule has 0 bridgehead atoms. The summed E-state index contributed by atoms with van der Waals surface area (Å²) in [7, 11) is -1.57. The Balaban J connectivity index is 2.46. The van der Waals surface area contributed by atoms with Crippen molar-refractivity contribution in [3.63, 3.8) is 0 Å². The highest BCUT2D eigenvalue weighted by Crippen LogP contribution is 2.14. The second-order valence-corrected chi connectivity index (χ2v) is 7.56. The number of rotatable bonds is 10. The number of hydrogen-bond donors (Lipinski definition) is 0. The number of unbranched alkanes of at least 4 members (excludes halogenated alkanes) is 2. The maximum absolute atomic E-state index is 5.97. The van der Waals surface area contributed by atoms with E-state index in [9.17, 15) is 0 Å². The Morgan fingerprint density at radius 3 is 2.21 bits per heavy atom. The van der Waals surface area contributed by atoms with Gasteiger partial charge in [-0.1, -0.05) is 54.8 Å². The van der Waals surface area contributed by atoms with Crippen LogP contribution in [0.3, 0.4) is 0 Å². The average Bonchev–Trinajstić information content (AvgIpc) is 2.39. The first kappa shape index (κ1) is 16.9. The van der Waals surface area contributed by atoms with E-state index in [1.54, 1.807) is 0 Å². The van der Waals surface area contributed by atoms with Gasteiger partial charge in [0.05, 0.1) is 0 Å². The minimum absolute atomic E-state index is 0.841. The predicted molar refractivity (Wildman–Crippen MR) is 86.7 cm³/mol. The van der Waals surface area contributed by atoms with E-state index in [0.717, 1.165) is 36.6 Å². The Kier molecular flexibility index (Phi) is 9.43. The van der Waals surface area contributed by atoms with E-state index in [4.69, 9.17) is 8.85 Å². The molecule has 0 atom stereocenters. The van der Waals surface area contributed by atoms with Crippen molar-refractivity contribution in [2.75, 3.05) is 13.2 Å². The van der Waals surface area contributed by atoms with Crippen molar-refractivity contribution >= 4 is 25.2 Å². The van der Waals surface area contributed by atoms with Gasteiger partial charge >= 0.3 is 9.28 Å². The van der Waals surface area contributed by atoms with Crippen LogP contribution >= 0.6 is 15.9 Å². The number of halogens is 1. The fourth-order valence-corrected chi connectivity index (χ4v) is 4.02. The third kappa shape index (κ3) is 7.87. The molecule has 0 aromatic heterocycles. The first-order valence-corrected chi connectivity index (χ1v) is 9.79. The smallest absolute Gasteiger partial charge is 0.325 e. The second-order valence-electron chi connectivity index (χ2n) is 4.71. The molecule has 0 amide bonds. The summed E-state index contributed by atoms with van der Waals surface area (Å²) in [5.41, 5.74) is 1.30. The molecule has 0 radical (unpaired) electrons. The van der Waals surface area contributed by atoms with Crippen molar-refractivity contribution in [2.24, 2.45) is 0 Å². The lowest BCUT2D eigenvalue weighted by Crippen LogP contribution is -2.27. The highest BCUT2D eigenvalue weighted by Gasteiger charge is 2.14. The summed E-state index contributed by atoms with van der Waals surface area (Å²) in [6.07, 6.45) is 4.60. The standard InChI is InChI=1S/C15H25BrO2Si/c1-3-5-10-17-19(18-11-6-4-2)13-14-8-7-9-15(16)12-14/h7-9,12,19H,3-6,10-11,13H2,1-2H3. The molecule has 0 N–H and O–H groups in total. The SMILES string of the molecule is CCCCO[SiH](Cc1cccc(Br)c1)OCCCC. The van der Waals surface area contributed by atoms with Crippen LogP contribution in [0, 0.1) is 0 Å². The van der Waals surface area contributed by atoms with Crippen molar-refractivity contribution in [2.45, 2.75) is 45.6 Å². The monoisotopic (exact) mass is 344 g/mol. The molecule has 1 aromatic rings. The zero-order valence-electron chi connectivity index (χ0n) is 12.0. The Bertz CT molecular complexity index is 337. The van der Waals surface area contributed by atoms with Crippen molar-refractivity contribution in [3.05, 3.63) is 34.3 Å². The fourth-order valence-electron chi connectivity index (χ4n) is 1.74. The zero-order valence-corrected chi connectivity index (χ0v) is 14.8. The summed E-state index contributed by atoms with van der Waals surface area (Å²) in [5.74, 6) is 0. The van der Waals surface area contributed by atoms with Gasteiger partial charge in [-0.25, -0.2) is 0 Å². The van der Waals surface area contributed by atoms with E-state index < -0.39 is 9.28 Å². The summed E-state index contributed by atoms with van der Waals surface area (Å²) >= 11 is 3.51. The Labute approximate surface area is 127 Å². The maximum Gasteiger partial charge on any atom is 0.325 e. The molecular formula is C15H25BrO2Si. The lowest BCUT2D eigenvalue weighted by atomic mass is 10.2. The largest absolute Gasteiger partial charge is 0.396 e. The minimum Gasteiger partial charge on any atom is -0.396 e. The van der Waals surface area contributed by atoms with Gasteiger partial charge < -0.3 is 8.85 Å². The highest BCUT2D eigenvalue weighted by atomic mass is 79.9. The predicted octanol–water partition coefficient (Wildman–Crippen LogP) is 4.38. The summed E-state index contributed by atoms with van der Waals surface area (Å²) in [6, 6.07) is 9.38. The lowest BCUT2D eigenvalue weighted by molar-refractivity contribution is 0.191. The van der Waals surface area contributed by atoms with E-state index in [2.05, 4.69) is 54.0 Å². The molecule has 0 aliphatic heterocycles. The molecule has 0 fully saturated rings. The topological polar surface area (TPSA) is 18.5 Å². The quantitative estimate of drug-likeness (QED) is 0.463. The molecule has 0 heterocycles. The molecule has 0 unspecified atom stereocenters. The molecule has 0 saturated heterocycles. The van der Waals surface area contributed by atoms with E-state index in [1.807, 2.05) is 0 Å². The normalized spacial score (nSPS) is 11.2. The van der Waals surface area contributed by atoms with Crippen LogP contribution in [0.2, 0.25) is 0 Å². The minimum atomic E-state index is -1.57. The molecule has 108 valence electrons. The van der Waals surface area contributed by atoms with Crippen molar-refractivity contribution < 1.29 is 8.85 Å². The van der Waals surface area contributed by atoms with Crippen molar-refractivity contribution in [3.8, 4) is 0 Å². The van der Waals surface area contributed by atoms with Gasteiger partial charge in [-0.2, -0.15) is 0 Å². The van der Waals surface area contributed by atoms with Gasteiger partial charge in [-0.05, 0) is 30.5 Å². The molecular weight excluding hydrogens is 320 g/mol. The van der Waals surface area contributed by atoms with Gasteiger partial charge in [-0.15, -0.1) is 0 Å². The summed E-state index contributed by atoms with van der Waals surface area (Å²) in [4.78, 5) is 0. The van der Waals surface area contributed by atoms with Crippen LogP contribution < -0.4 is 0 Å². The van der Waals surface area contributed by atoms with E-state index in [0.29, 0.717) is 0 Å². The highest BCUT2D eigenvalue weighted by molar-refractivity contribution is 9.10. The Hall–Kier alpha value is -0.163. The first-order valence-electron chi connectivity index (χ1n) is 7.24. The van der Waals surface area contributed by atoms with Gasteiger partial charge in [0.15, 0.2) is 0 Å². The molecule has 1 aromatic carbocycles. The van der Waals surface area contributed by atoms with E-state index >= 15 is 0 Å². The summed E-state index contributed by atoms with van der Waals surface area (Å²) in [5, 5.41) is 0. The molecule has 0 aliphatic carbocycles. The Morgan fingerprint density at radius 2 is 1.68 bits per heavy atom. The molecule has 0 aliphatic rings. The van der Waals surface area contributed by atoms with Crippen LogP contribution in [0.4, 0.5) is 0 Å². The molecule has 19 heavy (non-hydrogen) atoms. The molecule has 0 saturated carbocycles. The summed E-state index contributed by atoms with van der Waals surface area (Å²) in [6.45, 7) is 6.05. The lowest BCUT2D eigenvalue weighted by Gasteiger charge is -2.17. The number of hydrogen-bond acceptors (Lipinski definition) is 2. The molecule has 4 heteroatoms. The van der Waals surface area contributed by atoms with Crippen LogP contribution in [0.1, 0.15) is 45.1 Å². The molecule has 0 spiro atoms. The van der Waals surface area contributed by atoms with Crippen molar-refractivity contribution in [1.82, 2.24) is 0 Å². The van der Waals surface area contributed by atoms with E-state index in [1.165, 1.54) is 18.4 Å². The van der Waals surface area contributed by atoms with Crippen LogP contribution in [0.25, 0.3) is 0 Å². The van der Waals surface area contributed by atoms with Crippen LogP contribution in [0.5, 0.6) is 0 Å². The third-order valence-electron chi connectivity index (χ3n) is 2.89. The van der Waals surface area contributed by atoms with Crippen LogP contribution in [-0.4, -0.2) is 22.5 Å². The Morgan fingerprint density at radius 1 is 1.05 bits per heavy atom. The number of benzene rings is 1. The van der Waals surface area contributed by atoms with Gasteiger partial charge in [0.2, 0.25) is 0 Å². The van der Waals surface area contributed by atoms with Crippen LogP contribution in [0.15, 0.2) is 28.7 Å². The van der Waals surface area contributed by atoms with Gasteiger partial charge in [-0.3, -0.25) is 0 Å². The summed E-state index contributed by atoms with van der Waals surface area (Å²) < 4.78 is 13.1. The van der Waals surface area contributed by atoms with Gasteiger partial charge in [0, 0.05) is 23.7 Å². The molecule has 2 nitrogen and oxygen atoms in total. The first-order chi connectivity index (χ1) is 9.26. The third-order valence-corrected chi connectivity index (χ3v) is 5.41. The molecule has 1 rings (SSSR count). The fraction of sp³-hybridized carbons (Fsp3) is 0.600. The second kappa shape index (κ2) is 10.6. The van der Waals surface area contributed by atoms with Crippen LogP contribution in [-0.2, 0) is 14.9 Å².